The Labute approximate surface area is 122 Å². The van der Waals surface area contributed by atoms with E-state index in [1.807, 2.05) is 27.0 Å². The van der Waals surface area contributed by atoms with Gasteiger partial charge in [0.15, 0.2) is 0 Å². The second-order valence-corrected chi connectivity index (χ2v) is 5.72. The van der Waals surface area contributed by atoms with Gasteiger partial charge in [-0.25, -0.2) is 4.98 Å². The van der Waals surface area contributed by atoms with Crippen molar-refractivity contribution in [2.75, 3.05) is 11.9 Å². The number of anilines is 1. The van der Waals surface area contributed by atoms with Gasteiger partial charge in [0.05, 0.1) is 17.3 Å². The molecule has 0 bridgehead atoms. The van der Waals surface area contributed by atoms with E-state index in [9.17, 15) is 4.79 Å². The number of nitrogens with zero attached hydrogens (tertiary/aromatic N) is 2. The van der Waals surface area contributed by atoms with Gasteiger partial charge in [0.2, 0.25) is 0 Å². The molecule has 20 heavy (non-hydrogen) atoms. The molecule has 6 heteroatoms. The highest BCUT2D eigenvalue weighted by Gasteiger charge is 2.16. The van der Waals surface area contributed by atoms with Crippen molar-refractivity contribution >= 4 is 22.9 Å². The standard InChI is InChI=1S/C14H18N4OS/c1-4-16-12-5-6-15-8-11(12)13(19)18-10(3)14-17-7-9(2)20-14/h5-8,10H,4H2,1-3H3,(H,15,16)(H,18,19). The number of carbonyl (C=O) groups excluding carboxylic acids is 1. The molecule has 1 atom stereocenters. The second kappa shape index (κ2) is 6.47. The average molecular weight is 290 g/mol. The molecular formula is C14H18N4OS. The third kappa shape index (κ3) is 3.33. The topological polar surface area (TPSA) is 66.9 Å². The molecule has 2 aromatic rings. The summed E-state index contributed by atoms with van der Waals surface area (Å²) in [5.41, 5.74) is 1.34. The average Bonchev–Trinajstić information content (AvgIpc) is 2.86. The molecular weight excluding hydrogens is 272 g/mol. The third-order valence-corrected chi connectivity index (χ3v) is 3.89. The lowest BCUT2D eigenvalue weighted by atomic mass is 10.2. The normalized spacial score (nSPS) is 11.9. The highest BCUT2D eigenvalue weighted by atomic mass is 32.1. The van der Waals surface area contributed by atoms with Crippen molar-refractivity contribution in [2.24, 2.45) is 0 Å². The molecule has 0 aromatic carbocycles. The van der Waals surface area contributed by atoms with Crippen LogP contribution in [0.5, 0.6) is 0 Å². The Morgan fingerprint density at radius 2 is 2.25 bits per heavy atom. The van der Waals surface area contributed by atoms with E-state index >= 15 is 0 Å². The molecule has 0 fully saturated rings. The van der Waals surface area contributed by atoms with Gasteiger partial charge in [-0.1, -0.05) is 0 Å². The quantitative estimate of drug-likeness (QED) is 0.888. The van der Waals surface area contributed by atoms with Crippen LogP contribution in [-0.4, -0.2) is 22.4 Å². The largest absolute Gasteiger partial charge is 0.385 e. The van der Waals surface area contributed by atoms with E-state index in [0.717, 1.165) is 22.1 Å². The van der Waals surface area contributed by atoms with Crippen LogP contribution in [0, 0.1) is 6.92 Å². The van der Waals surface area contributed by atoms with E-state index in [-0.39, 0.29) is 11.9 Å². The fourth-order valence-corrected chi connectivity index (χ4v) is 2.60. The summed E-state index contributed by atoms with van der Waals surface area (Å²) >= 11 is 1.59. The summed E-state index contributed by atoms with van der Waals surface area (Å²) in [7, 11) is 0. The van der Waals surface area contributed by atoms with Gasteiger partial charge < -0.3 is 10.6 Å². The highest BCUT2D eigenvalue weighted by molar-refractivity contribution is 7.11. The number of pyridine rings is 1. The molecule has 1 amide bonds. The monoisotopic (exact) mass is 290 g/mol. The number of aromatic nitrogens is 2. The zero-order chi connectivity index (χ0) is 14.5. The first-order chi connectivity index (χ1) is 9.61. The van der Waals surface area contributed by atoms with Gasteiger partial charge in [-0.3, -0.25) is 9.78 Å². The molecule has 0 aliphatic carbocycles. The van der Waals surface area contributed by atoms with Gasteiger partial charge in [-0.15, -0.1) is 11.3 Å². The number of nitrogens with one attached hydrogen (secondary N) is 2. The van der Waals surface area contributed by atoms with E-state index in [1.54, 1.807) is 29.8 Å². The summed E-state index contributed by atoms with van der Waals surface area (Å²) in [5.74, 6) is -0.144. The van der Waals surface area contributed by atoms with E-state index in [4.69, 9.17) is 0 Å². The molecule has 5 nitrogen and oxygen atoms in total. The van der Waals surface area contributed by atoms with Crippen molar-refractivity contribution in [3.63, 3.8) is 0 Å². The molecule has 2 rings (SSSR count). The molecule has 0 radical (unpaired) electrons. The van der Waals surface area contributed by atoms with Crippen molar-refractivity contribution < 1.29 is 4.79 Å². The summed E-state index contributed by atoms with van der Waals surface area (Å²) in [6, 6.07) is 1.69. The lowest BCUT2D eigenvalue weighted by Crippen LogP contribution is -2.27. The van der Waals surface area contributed by atoms with Crippen LogP contribution < -0.4 is 10.6 Å². The predicted molar refractivity (Wildman–Crippen MR) is 81.1 cm³/mol. The zero-order valence-electron chi connectivity index (χ0n) is 11.8. The van der Waals surface area contributed by atoms with E-state index in [2.05, 4.69) is 20.6 Å². The Hall–Kier alpha value is -1.95. The van der Waals surface area contributed by atoms with Crippen LogP contribution >= 0.6 is 11.3 Å². The van der Waals surface area contributed by atoms with Gasteiger partial charge in [0, 0.05) is 30.0 Å². The van der Waals surface area contributed by atoms with Crippen LogP contribution in [0.3, 0.4) is 0 Å². The number of hydrogen-bond acceptors (Lipinski definition) is 5. The van der Waals surface area contributed by atoms with Crippen LogP contribution in [0.2, 0.25) is 0 Å². The maximum Gasteiger partial charge on any atom is 0.255 e. The molecule has 0 aliphatic heterocycles. The number of amides is 1. The maximum atomic E-state index is 12.3. The van der Waals surface area contributed by atoms with Crippen LogP contribution in [0.15, 0.2) is 24.7 Å². The zero-order valence-corrected chi connectivity index (χ0v) is 12.6. The molecule has 2 aromatic heterocycles. The SMILES string of the molecule is CCNc1ccncc1C(=O)NC(C)c1ncc(C)s1. The fraction of sp³-hybridized carbons (Fsp3) is 0.357. The van der Waals surface area contributed by atoms with Gasteiger partial charge >= 0.3 is 0 Å². The minimum absolute atomic E-state index is 0.115. The summed E-state index contributed by atoms with van der Waals surface area (Å²) in [6.45, 7) is 6.67. The first-order valence-corrected chi connectivity index (χ1v) is 7.34. The summed E-state index contributed by atoms with van der Waals surface area (Å²) in [4.78, 5) is 21.8. The molecule has 0 saturated heterocycles. The minimum atomic E-state index is -0.144. The lowest BCUT2D eigenvalue weighted by molar-refractivity contribution is 0.0940. The van der Waals surface area contributed by atoms with Crippen molar-refractivity contribution in [1.82, 2.24) is 15.3 Å². The molecule has 0 saturated carbocycles. The molecule has 0 spiro atoms. The van der Waals surface area contributed by atoms with Gasteiger partial charge in [-0.2, -0.15) is 0 Å². The molecule has 2 N–H and O–H groups in total. The number of rotatable bonds is 5. The first-order valence-electron chi connectivity index (χ1n) is 6.53. The van der Waals surface area contributed by atoms with Crippen molar-refractivity contribution in [3.05, 3.63) is 40.1 Å². The Morgan fingerprint density at radius 1 is 1.45 bits per heavy atom. The van der Waals surface area contributed by atoms with Crippen LogP contribution in [-0.2, 0) is 0 Å². The van der Waals surface area contributed by atoms with Crippen molar-refractivity contribution in [2.45, 2.75) is 26.8 Å². The van der Waals surface area contributed by atoms with Crippen molar-refractivity contribution in [3.8, 4) is 0 Å². The molecule has 0 aliphatic rings. The highest BCUT2D eigenvalue weighted by Crippen LogP contribution is 2.20. The van der Waals surface area contributed by atoms with Crippen LogP contribution in [0.25, 0.3) is 0 Å². The minimum Gasteiger partial charge on any atom is -0.385 e. The van der Waals surface area contributed by atoms with Crippen molar-refractivity contribution in [1.29, 1.82) is 0 Å². The molecule has 2 heterocycles. The summed E-state index contributed by atoms with van der Waals surface area (Å²) in [5, 5.41) is 7.02. The van der Waals surface area contributed by atoms with Gasteiger partial charge in [-0.05, 0) is 26.8 Å². The molecule has 1 unspecified atom stereocenters. The first kappa shape index (κ1) is 14.5. The second-order valence-electron chi connectivity index (χ2n) is 4.46. The number of aryl methyl sites for hydroxylation is 1. The van der Waals surface area contributed by atoms with E-state index in [1.165, 1.54) is 0 Å². The van der Waals surface area contributed by atoms with E-state index < -0.39 is 0 Å². The van der Waals surface area contributed by atoms with Crippen LogP contribution in [0.1, 0.15) is 40.1 Å². The predicted octanol–water partition coefficient (Wildman–Crippen LogP) is 2.77. The van der Waals surface area contributed by atoms with E-state index in [0.29, 0.717) is 5.56 Å². The Morgan fingerprint density at radius 3 is 2.90 bits per heavy atom. The van der Waals surface area contributed by atoms with Crippen LogP contribution in [0.4, 0.5) is 5.69 Å². The number of hydrogen-bond donors (Lipinski definition) is 2. The van der Waals surface area contributed by atoms with Gasteiger partial charge in [0.25, 0.3) is 5.91 Å². The smallest absolute Gasteiger partial charge is 0.255 e. The van der Waals surface area contributed by atoms with Gasteiger partial charge in [0.1, 0.15) is 5.01 Å². The lowest BCUT2D eigenvalue weighted by Gasteiger charge is -2.14. The maximum absolute atomic E-state index is 12.3. The summed E-state index contributed by atoms with van der Waals surface area (Å²) in [6.07, 6.45) is 5.06. The Kier molecular flexibility index (Phi) is 4.68. The Balaban J connectivity index is 2.12. The Bertz CT molecular complexity index is 596. The third-order valence-electron chi connectivity index (χ3n) is 2.79. The number of carbonyl (C=O) groups is 1. The summed E-state index contributed by atoms with van der Waals surface area (Å²) < 4.78 is 0. The number of thiazole rings is 1. The fourth-order valence-electron chi connectivity index (χ4n) is 1.83. The molecule has 106 valence electrons.